The lowest BCUT2D eigenvalue weighted by Crippen LogP contribution is -2.48. The van der Waals surface area contributed by atoms with Crippen LogP contribution in [0.1, 0.15) is 20.3 Å². The monoisotopic (exact) mass is 409 g/mol. The molecule has 0 aromatic heterocycles. The van der Waals surface area contributed by atoms with Crippen molar-refractivity contribution in [3.63, 3.8) is 0 Å². The van der Waals surface area contributed by atoms with Gasteiger partial charge < -0.3 is 25.4 Å². The van der Waals surface area contributed by atoms with Gasteiger partial charge >= 0.3 is 0 Å². The quantitative estimate of drug-likeness (QED) is 0.307. The Balaban J connectivity index is 1.76. The van der Waals surface area contributed by atoms with Crippen molar-refractivity contribution in [3.8, 4) is 0 Å². The van der Waals surface area contributed by atoms with Crippen LogP contribution in [0.25, 0.3) is 0 Å². The lowest BCUT2D eigenvalue weighted by Gasteiger charge is -2.33. The van der Waals surface area contributed by atoms with Gasteiger partial charge in [-0.05, 0) is 38.5 Å². The topological polar surface area (TPSA) is 72.4 Å². The molecule has 2 rings (SSSR count). The fourth-order valence-electron chi connectivity index (χ4n) is 3.25. The van der Waals surface area contributed by atoms with E-state index < -0.39 is 5.60 Å². The van der Waals surface area contributed by atoms with Crippen LogP contribution in [0, 0.1) is 5.82 Å². The van der Waals surface area contributed by atoms with E-state index in [1.165, 1.54) is 12.1 Å². The van der Waals surface area contributed by atoms with Crippen molar-refractivity contribution in [3.05, 3.63) is 30.1 Å². The van der Waals surface area contributed by atoms with Crippen molar-refractivity contribution in [1.82, 2.24) is 15.5 Å². The summed E-state index contributed by atoms with van der Waals surface area (Å²) in [6.45, 7) is 10.1. The maximum absolute atomic E-state index is 13.3. The van der Waals surface area contributed by atoms with Gasteiger partial charge in [-0.15, -0.1) is 0 Å². The first-order valence-corrected chi connectivity index (χ1v) is 10.4. The molecule has 8 heteroatoms. The summed E-state index contributed by atoms with van der Waals surface area (Å²) < 4.78 is 18.7. The Hall–Kier alpha value is -1.90. The van der Waals surface area contributed by atoms with Crippen molar-refractivity contribution in [1.29, 1.82) is 0 Å². The Morgan fingerprint density at radius 3 is 2.79 bits per heavy atom. The van der Waals surface area contributed by atoms with Gasteiger partial charge in [-0.2, -0.15) is 0 Å². The van der Waals surface area contributed by atoms with Gasteiger partial charge in [0.05, 0.1) is 25.4 Å². The number of nitrogens with one attached hydrogen (secondary N) is 2. The highest BCUT2D eigenvalue weighted by atomic mass is 19.1. The zero-order valence-electron chi connectivity index (χ0n) is 18.0. The zero-order chi connectivity index (χ0) is 21.1. The molecule has 0 saturated carbocycles. The Kier molecular flexibility index (Phi) is 9.63. The van der Waals surface area contributed by atoms with E-state index in [2.05, 4.69) is 20.5 Å². The fourth-order valence-corrected chi connectivity index (χ4v) is 3.25. The summed E-state index contributed by atoms with van der Waals surface area (Å²) in [4.78, 5) is 8.80. The fraction of sp³-hybridized carbons (Fsp3) is 0.667. The zero-order valence-corrected chi connectivity index (χ0v) is 18.0. The lowest BCUT2D eigenvalue weighted by molar-refractivity contribution is -0.0179. The average Bonchev–Trinajstić information content (AvgIpc) is 2.69. The molecular weight excluding hydrogens is 373 g/mol. The summed E-state index contributed by atoms with van der Waals surface area (Å²) in [6, 6.07) is 6.61. The Morgan fingerprint density at radius 2 is 2.10 bits per heavy atom. The maximum atomic E-state index is 13.3. The first-order valence-electron chi connectivity index (χ1n) is 10.4. The van der Waals surface area contributed by atoms with Gasteiger partial charge in [0, 0.05) is 52.0 Å². The molecule has 1 aromatic carbocycles. The molecule has 1 fully saturated rings. The predicted octanol–water partition coefficient (Wildman–Crippen LogP) is 1.29. The van der Waals surface area contributed by atoms with Gasteiger partial charge in [-0.25, -0.2) is 4.39 Å². The number of hydrogen-bond acceptors (Lipinski definition) is 5. The highest BCUT2D eigenvalue weighted by Crippen LogP contribution is 2.13. The highest BCUT2D eigenvalue weighted by molar-refractivity contribution is 5.79. The number of aliphatic hydroxyl groups is 1. The second-order valence-electron chi connectivity index (χ2n) is 7.76. The predicted molar refractivity (Wildman–Crippen MR) is 116 cm³/mol. The minimum atomic E-state index is -0.892. The number of halogens is 1. The highest BCUT2D eigenvalue weighted by Gasteiger charge is 2.25. The van der Waals surface area contributed by atoms with Crippen LogP contribution in [-0.2, 0) is 4.74 Å². The first-order chi connectivity index (χ1) is 13.9. The third kappa shape index (κ3) is 8.97. The summed E-state index contributed by atoms with van der Waals surface area (Å²) in [7, 11) is 1.96. The van der Waals surface area contributed by atoms with E-state index in [0.29, 0.717) is 32.3 Å². The van der Waals surface area contributed by atoms with Crippen LogP contribution in [0.3, 0.4) is 0 Å². The van der Waals surface area contributed by atoms with Crippen LogP contribution in [0.2, 0.25) is 0 Å². The molecule has 7 nitrogen and oxygen atoms in total. The number of anilines is 1. The summed E-state index contributed by atoms with van der Waals surface area (Å²) in [5.74, 6) is 0.473. The Morgan fingerprint density at radius 1 is 1.34 bits per heavy atom. The molecule has 1 saturated heterocycles. The number of hydrogen-bond donors (Lipinski definition) is 3. The van der Waals surface area contributed by atoms with Crippen molar-refractivity contribution < 1.29 is 14.2 Å². The molecule has 3 N–H and O–H groups in total. The summed E-state index contributed by atoms with van der Waals surface area (Å²) >= 11 is 0. The van der Waals surface area contributed by atoms with Gasteiger partial charge in [0.25, 0.3) is 0 Å². The number of guanidine groups is 1. The van der Waals surface area contributed by atoms with Crippen LogP contribution in [0.4, 0.5) is 10.1 Å². The van der Waals surface area contributed by atoms with Gasteiger partial charge in [0.15, 0.2) is 5.96 Å². The molecule has 1 heterocycles. The van der Waals surface area contributed by atoms with Crippen molar-refractivity contribution in [2.24, 2.45) is 4.99 Å². The Bertz CT molecular complexity index is 635. The van der Waals surface area contributed by atoms with E-state index >= 15 is 0 Å². The van der Waals surface area contributed by atoms with Crippen molar-refractivity contribution >= 4 is 11.6 Å². The number of benzene rings is 1. The van der Waals surface area contributed by atoms with Crippen LogP contribution in [0.15, 0.2) is 29.3 Å². The van der Waals surface area contributed by atoms with E-state index in [9.17, 15) is 9.50 Å². The average molecular weight is 410 g/mol. The van der Waals surface area contributed by atoms with E-state index in [4.69, 9.17) is 4.74 Å². The largest absolute Gasteiger partial charge is 0.387 e. The van der Waals surface area contributed by atoms with Crippen LogP contribution >= 0.6 is 0 Å². The minimum Gasteiger partial charge on any atom is -0.387 e. The lowest BCUT2D eigenvalue weighted by atomic mass is 10.1. The molecular formula is C21H36FN5O2. The van der Waals surface area contributed by atoms with Crippen LogP contribution in [0.5, 0.6) is 0 Å². The van der Waals surface area contributed by atoms with Crippen LogP contribution < -0.4 is 15.5 Å². The van der Waals surface area contributed by atoms with E-state index in [0.717, 1.165) is 44.8 Å². The number of morpholine rings is 1. The van der Waals surface area contributed by atoms with Crippen molar-refractivity contribution in [2.45, 2.75) is 25.9 Å². The second kappa shape index (κ2) is 11.9. The molecule has 0 aliphatic carbocycles. The smallest absolute Gasteiger partial charge is 0.191 e. The number of aliphatic imine (C=N–C) groups is 1. The summed E-state index contributed by atoms with van der Waals surface area (Å²) in [5.41, 5.74) is -0.0261. The molecule has 1 atom stereocenters. The van der Waals surface area contributed by atoms with Gasteiger partial charge in [0.2, 0.25) is 0 Å². The molecule has 29 heavy (non-hydrogen) atoms. The molecule has 1 unspecified atom stereocenters. The second-order valence-corrected chi connectivity index (χ2v) is 7.76. The van der Waals surface area contributed by atoms with Crippen LogP contribution in [-0.4, -0.2) is 87.6 Å². The van der Waals surface area contributed by atoms with Crippen molar-refractivity contribution in [2.75, 3.05) is 71.0 Å². The van der Waals surface area contributed by atoms with Gasteiger partial charge in [0.1, 0.15) is 5.82 Å². The number of β-amino-alcohol motifs (C(OH)–C–C–N with tert-alkyl or cyclic N) is 1. The SMILES string of the molecule is CCNC(=NCC(C)(O)CN1CCOCC1)NCCCN(C)c1cccc(F)c1. The normalized spacial score (nSPS) is 17.6. The van der Waals surface area contributed by atoms with Gasteiger partial charge in [-0.3, -0.25) is 9.89 Å². The number of ether oxygens (including phenoxy) is 1. The summed E-state index contributed by atoms with van der Waals surface area (Å²) in [5, 5.41) is 17.2. The minimum absolute atomic E-state index is 0.224. The van der Waals surface area contributed by atoms with E-state index in [1.54, 1.807) is 6.07 Å². The molecule has 0 spiro atoms. The van der Waals surface area contributed by atoms with E-state index in [-0.39, 0.29) is 5.82 Å². The van der Waals surface area contributed by atoms with E-state index in [1.807, 2.05) is 31.9 Å². The molecule has 164 valence electrons. The standard InChI is InChI=1S/C21H36FN5O2/c1-4-23-20(25-16-21(2,28)17-27-11-13-29-14-12-27)24-9-6-10-26(3)19-8-5-7-18(22)15-19/h5,7-8,15,28H,4,6,9-14,16-17H2,1-3H3,(H2,23,24,25). The molecule has 0 bridgehead atoms. The third-order valence-electron chi connectivity index (χ3n) is 4.80. The summed E-state index contributed by atoms with van der Waals surface area (Å²) in [6.07, 6.45) is 0.877. The van der Waals surface area contributed by atoms with Gasteiger partial charge in [-0.1, -0.05) is 6.07 Å². The molecule has 0 amide bonds. The number of nitrogens with zero attached hydrogens (tertiary/aromatic N) is 3. The molecule has 0 radical (unpaired) electrons. The maximum Gasteiger partial charge on any atom is 0.191 e. The third-order valence-corrected chi connectivity index (χ3v) is 4.80. The Labute approximate surface area is 173 Å². The molecule has 1 aromatic rings. The molecule has 1 aliphatic rings. The first kappa shape index (κ1) is 23.4. The molecule has 1 aliphatic heterocycles. The number of rotatable bonds is 10.